The van der Waals surface area contributed by atoms with E-state index >= 15 is 0 Å². The molecule has 0 aliphatic heterocycles. The summed E-state index contributed by atoms with van der Waals surface area (Å²) in [5.41, 5.74) is 0. The van der Waals surface area contributed by atoms with Gasteiger partial charge in [0.1, 0.15) is 11.6 Å². The predicted octanol–water partition coefficient (Wildman–Crippen LogP) is 2.47. The first-order valence-corrected chi connectivity index (χ1v) is 6.41. The summed E-state index contributed by atoms with van der Waals surface area (Å²) in [5.74, 6) is 0.459. The highest BCUT2D eigenvalue weighted by molar-refractivity contribution is 5.21. The topological polar surface area (TPSA) is 33.3 Å². The first kappa shape index (κ1) is 15.2. The van der Waals surface area contributed by atoms with Gasteiger partial charge in [-0.15, -0.1) is 6.58 Å². The van der Waals surface area contributed by atoms with Crippen molar-refractivity contribution < 1.29 is 9.13 Å². The molecule has 0 aromatic heterocycles. The van der Waals surface area contributed by atoms with E-state index in [4.69, 9.17) is 4.74 Å². The highest BCUT2D eigenvalue weighted by Crippen LogP contribution is 2.10. The molecule has 0 fully saturated rings. The lowest BCUT2D eigenvalue weighted by Gasteiger charge is -2.06. The van der Waals surface area contributed by atoms with Crippen molar-refractivity contribution in [3.05, 3.63) is 55.0 Å². The first-order valence-electron chi connectivity index (χ1n) is 6.41. The average molecular weight is 264 g/mol. The predicted molar refractivity (Wildman–Crippen MR) is 76.7 cm³/mol. The van der Waals surface area contributed by atoms with Crippen molar-refractivity contribution in [2.24, 2.45) is 0 Å². The van der Waals surface area contributed by atoms with Crippen molar-refractivity contribution in [3.8, 4) is 5.75 Å². The molecule has 0 bridgehead atoms. The van der Waals surface area contributed by atoms with Gasteiger partial charge >= 0.3 is 0 Å². The van der Waals surface area contributed by atoms with E-state index in [1.54, 1.807) is 12.1 Å². The van der Waals surface area contributed by atoms with E-state index in [1.165, 1.54) is 12.1 Å². The van der Waals surface area contributed by atoms with Gasteiger partial charge in [0.05, 0.1) is 6.61 Å². The summed E-state index contributed by atoms with van der Waals surface area (Å²) in [4.78, 5) is 0. The molecule has 0 radical (unpaired) electrons. The maximum atomic E-state index is 12.6. The Bertz CT molecular complexity index is 376. The highest BCUT2D eigenvalue weighted by Gasteiger charge is 1.94. The Morgan fingerprint density at radius 1 is 1.21 bits per heavy atom. The Morgan fingerprint density at radius 3 is 2.74 bits per heavy atom. The smallest absolute Gasteiger partial charge is 0.123 e. The number of rotatable bonds is 10. The fourth-order valence-electron chi connectivity index (χ4n) is 1.40. The molecule has 2 N–H and O–H groups in total. The zero-order valence-electron chi connectivity index (χ0n) is 11.1. The maximum absolute atomic E-state index is 12.6. The second-order valence-corrected chi connectivity index (χ2v) is 3.96. The summed E-state index contributed by atoms with van der Waals surface area (Å²) < 4.78 is 18.1. The van der Waals surface area contributed by atoms with Gasteiger partial charge in [-0.3, -0.25) is 0 Å². The Morgan fingerprint density at radius 2 is 2.00 bits per heavy atom. The molecule has 19 heavy (non-hydrogen) atoms. The van der Waals surface area contributed by atoms with Crippen molar-refractivity contribution in [2.45, 2.75) is 6.42 Å². The van der Waals surface area contributed by atoms with Gasteiger partial charge in [-0.2, -0.15) is 0 Å². The monoisotopic (exact) mass is 264 g/mol. The summed E-state index contributed by atoms with van der Waals surface area (Å²) in [6.07, 6.45) is 6.64. The van der Waals surface area contributed by atoms with E-state index in [0.717, 1.165) is 26.1 Å². The quantitative estimate of drug-likeness (QED) is 0.503. The molecule has 0 unspecified atom stereocenters. The van der Waals surface area contributed by atoms with Crippen LogP contribution in [0.15, 0.2) is 49.2 Å². The molecular weight excluding hydrogens is 243 g/mol. The van der Waals surface area contributed by atoms with Gasteiger partial charge in [0, 0.05) is 13.1 Å². The normalized spacial score (nSPS) is 10.6. The van der Waals surface area contributed by atoms with Crippen LogP contribution in [-0.4, -0.2) is 26.2 Å². The molecule has 0 saturated heterocycles. The summed E-state index contributed by atoms with van der Waals surface area (Å²) in [5, 5.41) is 6.33. The van der Waals surface area contributed by atoms with Gasteiger partial charge in [-0.25, -0.2) is 4.39 Å². The van der Waals surface area contributed by atoms with Gasteiger partial charge in [-0.05, 0) is 43.4 Å². The SMILES string of the molecule is C=CCNC=CCNCCCOc1ccc(F)cc1. The van der Waals surface area contributed by atoms with E-state index in [1.807, 2.05) is 18.4 Å². The molecule has 1 aromatic carbocycles. The van der Waals surface area contributed by atoms with Crippen LogP contribution in [0.25, 0.3) is 0 Å². The standard InChI is InChI=1S/C15H21FN2O/c1-2-9-17-10-3-11-18-12-4-13-19-15-7-5-14(16)6-8-15/h2-3,5-8,10,17-18H,1,4,9,11-13H2. The molecule has 1 aromatic rings. The minimum atomic E-state index is -0.245. The van der Waals surface area contributed by atoms with Crippen LogP contribution in [0.5, 0.6) is 5.75 Å². The lowest BCUT2D eigenvalue weighted by atomic mass is 10.3. The number of hydrogen-bond acceptors (Lipinski definition) is 3. The average Bonchev–Trinajstić information content (AvgIpc) is 2.43. The number of nitrogens with one attached hydrogen (secondary N) is 2. The maximum Gasteiger partial charge on any atom is 0.123 e. The molecule has 0 atom stereocenters. The van der Waals surface area contributed by atoms with E-state index in [-0.39, 0.29) is 5.82 Å². The first-order chi connectivity index (χ1) is 9.33. The van der Waals surface area contributed by atoms with Crippen LogP contribution in [-0.2, 0) is 0 Å². The summed E-state index contributed by atoms with van der Waals surface area (Å²) >= 11 is 0. The molecule has 0 saturated carbocycles. The van der Waals surface area contributed by atoms with Crippen LogP contribution in [0.3, 0.4) is 0 Å². The van der Waals surface area contributed by atoms with Crippen molar-refractivity contribution in [3.63, 3.8) is 0 Å². The zero-order valence-corrected chi connectivity index (χ0v) is 11.1. The molecule has 0 aliphatic carbocycles. The van der Waals surface area contributed by atoms with Gasteiger partial charge in [0.25, 0.3) is 0 Å². The van der Waals surface area contributed by atoms with Crippen LogP contribution in [0, 0.1) is 5.82 Å². The molecule has 4 heteroatoms. The van der Waals surface area contributed by atoms with Crippen molar-refractivity contribution in [1.29, 1.82) is 0 Å². The molecule has 0 heterocycles. The number of ether oxygens (including phenoxy) is 1. The third kappa shape index (κ3) is 8.00. The molecule has 0 spiro atoms. The Kier molecular flexibility index (Phi) is 8.14. The number of halogens is 1. The molecule has 104 valence electrons. The third-order valence-corrected chi connectivity index (χ3v) is 2.34. The minimum Gasteiger partial charge on any atom is -0.494 e. The highest BCUT2D eigenvalue weighted by atomic mass is 19.1. The Hall–Kier alpha value is -1.81. The molecule has 0 amide bonds. The van der Waals surface area contributed by atoms with Gasteiger partial charge < -0.3 is 15.4 Å². The van der Waals surface area contributed by atoms with Gasteiger partial charge in [0.15, 0.2) is 0 Å². The zero-order chi connectivity index (χ0) is 13.8. The Labute approximate surface area is 114 Å². The van der Waals surface area contributed by atoms with Crippen LogP contribution >= 0.6 is 0 Å². The minimum absolute atomic E-state index is 0.245. The van der Waals surface area contributed by atoms with Crippen LogP contribution < -0.4 is 15.4 Å². The van der Waals surface area contributed by atoms with E-state index in [9.17, 15) is 4.39 Å². The molecule has 1 rings (SSSR count). The van der Waals surface area contributed by atoms with E-state index in [2.05, 4.69) is 17.2 Å². The van der Waals surface area contributed by atoms with Crippen LogP contribution in [0.1, 0.15) is 6.42 Å². The van der Waals surface area contributed by atoms with E-state index < -0.39 is 0 Å². The largest absolute Gasteiger partial charge is 0.494 e. The van der Waals surface area contributed by atoms with Crippen LogP contribution in [0.2, 0.25) is 0 Å². The number of benzene rings is 1. The van der Waals surface area contributed by atoms with Gasteiger partial charge in [-0.1, -0.05) is 12.2 Å². The van der Waals surface area contributed by atoms with Crippen molar-refractivity contribution >= 4 is 0 Å². The second-order valence-electron chi connectivity index (χ2n) is 3.96. The second kappa shape index (κ2) is 10.1. The molecular formula is C15H21FN2O. The Balaban J connectivity index is 1.95. The fraction of sp³-hybridized carbons (Fsp3) is 0.333. The van der Waals surface area contributed by atoms with Crippen LogP contribution in [0.4, 0.5) is 4.39 Å². The summed E-state index contributed by atoms with van der Waals surface area (Å²) in [7, 11) is 0. The number of hydrogen-bond donors (Lipinski definition) is 2. The molecule has 0 aliphatic rings. The van der Waals surface area contributed by atoms with Crippen molar-refractivity contribution in [2.75, 3.05) is 26.2 Å². The van der Waals surface area contributed by atoms with Gasteiger partial charge in [0.2, 0.25) is 0 Å². The lowest BCUT2D eigenvalue weighted by Crippen LogP contribution is -2.18. The summed E-state index contributed by atoms with van der Waals surface area (Å²) in [6, 6.07) is 6.07. The van der Waals surface area contributed by atoms with Crippen molar-refractivity contribution in [1.82, 2.24) is 10.6 Å². The molecule has 3 nitrogen and oxygen atoms in total. The lowest BCUT2D eigenvalue weighted by molar-refractivity contribution is 0.308. The third-order valence-electron chi connectivity index (χ3n) is 2.34. The van der Waals surface area contributed by atoms with E-state index in [0.29, 0.717) is 12.4 Å². The summed E-state index contributed by atoms with van der Waals surface area (Å²) in [6.45, 7) is 6.72. The fourth-order valence-corrected chi connectivity index (χ4v) is 1.40.